The van der Waals surface area contributed by atoms with Crippen LogP contribution in [0.15, 0.2) is 42.6 Å². The molecule has 3 aromatic rings. The van der Waals surface area contributed by atoms with Gasteiger partial charge in [0.1, 0.15) is 4.88 Å². The number of pyridine rings is 1. The van der Waals surface area contributed by atoms with E-state index in [1.54, 1.807) is 6.07 Å². The number of halogens is 2. The summed E-state index contributed by atoms with van der Waals surface area (Å²) < 4.78 is 6.00. The molecule has 1 N–H and O–H groups in total. The summed E-state index contributed by atoms with van der Waals surface area (Å²) in [6.07, 6.45) is 1.35. The summed E-state index contributed by atoms with van der Waals surface area (Å²) in [4.78, 5) is 28.2. The molecule has 0 spiro atoms. The quantitative estimate of drug-likeness (QED) is 0.681. The number of anilines is 1. The molecule has 0 atom stereocenters. The molecule has 0 radical (unpaired) electrons. The van der Waals surface area contributed by atoms with Gasteiger partial charge < -0.3 is 10.1 Å². The molecule has 0 aliphatic heterocycles. The van der Waals surface area contributed by atoms with Crippen molar-refractivity contribution in [2.75, 3.05) is 11.9 Å². The Balaban J connectivity index is 1.60. The Morgan fingerprint density at radius 2 is 2.00 bits per heavy atom. The number of nitrogens with zero attached hydrogens (tertiary/aromatic N) is 1. The molecule has 3 rings (SSSR count). The van der Waals surface area contributed by atoms with Crippen LogP contribution in [0.25, 0.3) is 10.1 Å². The van der Waals surface area contributed by atoms with Crippen LogP contribution in [0.3, 0.4) is 0 Å². The summed E-state index contributed by atoms with van der Waals surface area (Å²) in [5.74, 6) is -0.938. The third-order valence-corrected chi connectivity index (χ3v) is 4.62. The summed E-state index contributed by atoms with van der Waals surface area (Å²) in [5.41, 5.74) is 0. The molecule has 5 nitrogen and oxygen atoms in total. The predicted molar refractivity (Wildman–Crippen MR) is 95.0 cm³/mol. The molecule has 8 heteroatoms. The van der Waals surface area contributed by atoms with Crippen molar-refractivity contribution in [1.82, 2.24) is 4.98 Å². The highest BCUT2D eigenvalue weighted by Gasteiger charge is 2.14. The van der Waals surface area contributed by atoms with Crippen molar-refractivity contribution in [3.8, 4) is 0 Å². The maximum absolute atomic E-state index is 12.0. The molecule has 122 valence electrons. The van der Waals surface area contributed by atoms with E-state index in [-0.39, 0.29) is 10.8 Å². The lowest BCUT2D eigenvalue weighted by Crippen LogP contribution is -2.21. The number of carbonyl (C=O) groups is 2. The van der Waals surface area contributed by atoms with Crippen molar-refractivity contribution in [2.45, 2.75) is 0 Å². The minimum absolute atomic E-state index is 0.156. The van der Waals surface area contributed by atoms with Crippen LogP contribution >= 0.6 is 34.5 Å². The summed E-state index contributed by atoms with van der Waals surface area (Å²) in [6.45, 7) is -0.437. The fraction of sp³-hybridized carbons (Fsp3) is 0.0625. The molecule has 1 aromatic carbocycles. The first-order valence-corrected chi connectivity index (χ1v) is 8.37. The fourth-order valence-electron chi connectivity index (χ4n) is 1.96. The van der Waals surface area contributed by atoms with Crippen LogP contribution in [-0.4, -0.2) is 23.5 Å². The number of rotatable bonds is 4. The standard InChI is InChI=1S/C16H10Cl2N2O3S/c17-10-6-11(18)15(19-7-10)20-14(21)8-23-16(22)13-5-9-3-1-2-4-12(9)24-13/h1-7H,8H2,(H,19,20,21). The van der Waals surface area contributed by atoms with Gasteiger partial charge in [-0.1, -0.05) is 41.4 Å². The van der Waals surface area contributed by atoms with E-state index in [2.05, 4.69) is 10.3 Å². The number of hydrogen-bond donors (Lipinski definition) is 1. The maximum atomic E-state index is 12.0. The van der Waals surface area contributed by atoms with E-state index in [1.807, 2.05) is 24.3 Å². The minimum atomic E-state index is -0.554. The van der Waals surface area contributed by atoms with Crippen molar-refractivity contribution < 1.29 is 14.3 Å². The Morgan fingerprint density at radius 1 is 1.21 bits per heavy atom. The van der Waals surface area contributed by atoms with Crippen LogP contribution in [-0.2, 0) is 9.53 Å². The van der Waals surface area contributed by atoms with E-state index < -0.39 is 18.5 Å². The molecule has 0 fully saturated rings. The van der Waals surface area contributed by atoms with Gasteiger partial charge in [0.25, 0.3) is 5.91 Å². The number of aromatic nitrogens is 1. The largest absolute Gasteiger partial charge is 0.451 e. The zero-order valence-corrected chi connectivity index (χ0v) is 14.4. The van der Waals surface area contributed by atoms with E-state index >= 15 is 0 Å². The van der Waals surface area contributed by atoms with E-state index in [1.165, 1.54) is 23.6 Å². The molecule has 0 saturated heterocycles. The molecule has 2 heterocycles. The maximum Gasteiger partial charge on any atom is 0.348 e. The number of thiophene rings is 1. The van der Waals surface area contributed by atoms with Gasteiger partial charge in [-0.15, -0.1) is 11.3 Å². The zero-order valence-electron chi connectivity index (χ0n) is 12.1. The molecule has 0 aliphatic rings. The van der Waals surface area contributed by atoms with Gasteiger partial charge in [-0.25, -0.2) is 9.78 Å². The van der Waals surface area contributed by atoms with Gasteiger partial charge >= 0.3 is 5.97 Å². The second-order valence-corrected chi connectivity index (χ2v) is 6.68. The summed E-state index contributed by atoms with van der Waals surface area (Å²) in [7, 11) is 0. The van der Waals surface area contributed by atoms with Crippen LogP contribution < -0.4 is 5.32 Å². The number of benzene rings is 1. The molecule has 1 amide bonds. The number of esters is 1. The number of amides is 1. The van der Waals surface area contributed by atoms with Crippen molar-refractivity contribution in [3.05, 3.63) is 57.5 Å². The molecule has 0 saturated carbocycles. The first-order chi connectivity index (χ1) is 11.5. The van der Waals surface area contributed by atoms with Gasteiger partial charge in [0.05, 0.1) is 10.0 Å². The number of hydrogen-bond acceptors (Lipinski definition) is 5. The normalized spacial score (nSPS) is 10.6. The highest BCUT2D eigenvalue weighted by molar-refractivity contribution is 7.20. The SMILES string of the molecule is O=C(COC(=O)c1cc2ccccc2s1)Nc1ncc(Cl)cc1Cl. The van der Waals surface area contributed by atoms with E-state index in [9.17, 15) is 9.59 Å². The number of ether oxygens (including phenoxy) is 1. The average Bonchev–Trinajstić information content (AvgIpc) is 2.99. The lowest BCUT2D eigenvalue weighted by molar-refractivity contribution is -0.119. The molecule has 24 heavy (non-hydrogen) atoms. The topological polar surface area (TPSA) is 68.3 Å². The van der Waals surface area contributed by atoms with Crippen LogP contribution in [0.2, 0.25) is 10.0 Å². The van der Waals surface area contributed by atoms with Gasteiger partial charge in [-0.2, -0.15) is 0 Å². The van der Waals surface area contributed by atoms with Crippen LogP contribution in [0.4, 0.5) is 5.82 Å². The van der Waals surface area contributed by atoms with Gasteiger partial charge in [-0.3, -0.25) is 4.79 Å². The molecular weight excluding hydrogens is 371 g/mol. The monoisotopic (exact) mass is 380 g/mol. The average molecular weight is 381 g/mol. The first kappa shape index (κ1) is 16.7. The van der Waals surface area contributed by atoms with Crippen LogP contribution in [0.5, 0.6) is 0 Å². The number of nitrogens with one attached hydrogen (secondary N) is 1. The van der Waals surface area contributed by atoms with Crippen molar-refractivity contribution >= 4 is 62.3 Å². The molecule has 0 aliphatic carbocycles. The molecule has 0 bridgehead atoms. The molecule has 2 aromatic heterocycles. The Bertz CT molecular complexity index is 894. The predicted octanol–water partition coefficient (Wildman–Crippen LogP) is 4.40. The van der Waals surface area contributed by atoms with Gasteiger partial charge in [0.2, 0.25) is 0 Å². The van der Waals surface area contributed by atoms with Gasteiger partial charge in [-0.05, 0) is 23.6 Å². The van der Waals surface area contributed by atoms with Crippen molar-refractivity contribution in [2.24, 2.45) is 0 Å². The Labute approximate surface area is 151 Å². The van der Waals surface area contributed by atoms with E-state index in [0.29, 0.717) is 9.90 Å². The van der Waals surface area contributed by atoms with Crippen LogP contribution in [0.1, 0.15) is 9.67 Å². The van der Waals surface area contributed by atoms with Crippen LogP contribution in [0, 0.1) is 0 Å². The minimum Gasteiger partial charge on any atom is -0.451 e. The third kappa shape index (κ3) is 3.84. The third-order valence-electron chi connectivity index (χ3n) is 3.03. The first-order valence-electron chi connectivity index (χ1n) is 6.79. The van der Waals surface area contributed by atoms with Gasteiger partial charge in [0, 0.05) is 10.9 Å². The highest BCUT2D eigenvalue weighted by atomic mass is 35.5. The molecule has 0 unspecified atom stereocenters. The second-order valence-electron chi connectivity index (χ2n) is 4.76. The highest BCUT2D eigenvalue weighted by Crippen LogP contribution is 2.26. The summed E-state index contributed by atoms with van der Waals surface area (Å²) in [5, 5.41) is 3.97. The van der Waals surface area contributed by atoms with E-state index in [4.69, 9.17) is 27.9 Å². The van der Waals surface area contributed by atoms with Crippen molar-refractivity contribution in [1.29, 1.82) is 0 Å². The Kier molecular flexibility index (Phi) is 4.99. The zero-order chi connectivity index (χ0) is 17.1. The summed E-state index contributed by atoms with van der Waals surface area (Å²) >= 11 is 12.9. The Morgan fingerprint density at radius 3 is 2.75 bits per heavy atom. The van der Waals surface area contributed by atoms with Gasteiger partial charge in [0.15, 0.2) is 12.4 Å². The number of fused-ring (bicyclic) bond motifs is 1. The second kappa shape index (κ2) is 7.17. The van der Waals surface area contributed by atoms with Crippen molar-refractivity contribution in [3.63, 3.8) is 0 Å². The fourth-order valence-corrected chi connectivity index (χ4v) is 3.34. The Hall–Kier alpha value is -2.15. The lowest BCUT2D eigenvalue weighted by atomic mass is 10.2. The molecular formula is C16H10Cl2N2O3S. The lowest BCUT2D eigenvalue weighted by Gasteiger charge is -2.06. The van der Waals surface area contributed by atoms with E-state index in [0.717, 1.165) is 10.1 Å². The number of carbonyl (C=O) groups excluding carboxylic acids is 2. The summed E-state index contributed by atoms with van der Waals surface area (Å²) in [6, 6.07) is 10.8. The smallest absolute Gasteiger partial charge is 0.348 e.